The zero-order valence-electron chi connectivity index (χ0n) is 16.0. The first-order valence-electron chi connectivity index (χ1n) is 9.46. The van der Waals surface area contributed by atoms with Crippen LogP contribution in [-0.4, -0.2) is 29.7 Å². The Kier molecular flexibility index (Phi) is 6.26. The van der Waals surface area contributed by atoms with E-state index in [9.17, 15) is 13.2 Å². The Balaban J connectivity index is 1.87. The maximum absolute atomic E-state index is 13.4. The average molecular weight is 395 g/mol. The SMILES string of the molecule is CCOc1ccc(N(C)c2ncc(C(F)(F)F)c(OC3CCCCC3)n2)cc1. The van der Waals surface area contributed by atoms with Crippen molar-refractivity contribution in [3.8, 4) is 11.6 Å². The fraction of sp³-hybridized carbons (Fsp3) is 0.500. The molecule has 0 atom stereocenters. The number of alkyl halides is 3. The van der Waals surface area contributed by atoms with Gasteiger partial charge < -0.3 is 14.4 Å². The summed E-state index contributed by atoms with van der Waals surface area (Å²) in [5, 5.41) is 0. The summed E-state index contributed by atoms with van der Waals surface area (Å²) in [6, 6.07) is 7.18. The van der Waals surface area contributed by atoms with E-state index in [2.05, 4.69) is 9.97 Å². The van der Waals surface area contributed by atoms with Crippen molar-refractivity contribution in [3.05, 3.63) is 36.0 Å². The van der Waals surface area contributed by atoms with Crippen LogP contribution in [0.25, 0.3) is 0 Å². The quantitative estimate of drug-likeness (QED) is 0.658. The van der Waals surface area contributed by atoms with Crippen LogP contribution in [0.3, 0.4) is 0 Å². The number of hydrogen-bond donors (Lipinski definition) is 0. The fourth-order valence-electron chi connectivity index (χ4n) is 3.19. The predicted octanol–water partition coefficient (Wildman–Crippen LogP) is 5.37. The summed E-state index contributed by atoms with van der Waals surface area (Å²) in [7, 11) is 1.70. The second-order valence-electron chi connectivity index (χ2n) is 6.75. The second-order valence-corrected chi connectivity index (χ2v) is 6.75. The lowest BCUT2D eigenvalue weighted by atomic mass is 9.98. The van der Waals surface area contributed by atoms with Crippen molar-refractivity contribution in [1.29, 1.82) is 0 Å². The predicted molar refractivity (Wildman–Crippen MR) is 100 cm³/mol. The lowest BCUT2D eigenvalue weighted by Crippen LogP contribution is -2.23. The van der Waals surface area contributed by atoms with Crippen molar-refractivity contribution < 1.29 is 22.6 Å². The van der Waals surface area contributed by atoms with Gasteiger partial charge in [-0.1, -0.05) is 6.42 Å². The molecule has 1 aliphatic rings. The molecule has 1 saturated carbocycles. The van der Waals surface area contributed by atoms with Crippen LogP contribution in [0.2, 0.25) is 0 Å². The molecule has 0 saturated heterocycles. The number of benzene rings is 1. The highest BCUT2D eigenvalue weighted by atomic mass is 19.4. The van der Waals surface area contributed by atoms with Crippen LogP contribution in [0.5, 0.6) is 11.6 Å². The van der Waals surface area contributed by atoms with Crippen molar-refractivity contribution in [2.24, 2.45) is 0 Å². The normalized spacial score (nSPS) is 15.3. The van der Waals surface area contributed by atoms with Gasteiger partial charge in [-0.2, -0.15) is 18.2 Å². The van der Waals surface area contributed by atoms with E-state index in [-0.39, 0.29) is 12.1 Å². The van der Waals surface area contributed by atoms with Crippen LogP contribution < -0.4 is 14.4 Å². The summed E-state index contributed by atoms with van der Waals surface area (Å²) in [4.78, 5) is 9.64. The highest BCUT2D eigenvalue weighted by molar-refractivity contribution is 5.58. The van der Waals surface area contributed by atoms with Crippen molar-refractivity contribution >= 4 is 11.6 Å². The summed E-state index contributed by atoms with van der Waals surface area (Å²) in [6.07, 6.45) is 0.462. The standard InChI is InChI=1S/C20H24F3N3O2/c1-3-27-15-11-9-14(10-12-15)26(2)19-24-13-17(20(21,22)23)18(25-19)28-16-7-5-4-6-8-16/h9-13,16H,3-8H2,1-2H3. The van der Waals surface area contributed by atoms with E-state index < -0.39 is 17.6 Å². The molecule has 28 heavy (non-hydrogen) atoms. The molecule has 0 spiro atoms. The minimum absolute atomic E-state index is 0.142. The molecule has 0 N–H and O–H groups in total. The molecule has 3 rings (SSSR count). The summed E-state index contributed by atoms with van der Waals surface area (Å²) in [5.74, 6) is 0.458. The molecule has 5 nitrogen and oxygen atoms in total. The molecule has 0 bridgehead atoms. The Bertz CT molecular complexity index is 775. The Hall–Kier alpha value is -2.51. The van der Waals surface area contributed by atoms with Gasteiger partial charge in [0.25, 0.3) is 0 Å². The molecule has 2 aromatic rings. The Morgan fingerprint density at radius 2 is 1.79 bits per heavy atom. The number of rotatable bonds is 6. The molecule has 1 aromatic carbocycles. The van der Waals surface area contributed by atoms with Gasteiger partial charge >= 0.3 is 6.18 Å². The first-order valence-corrected chi connectivity index (χ1v) is 9.46. The Morgan fingerprint density at radius 3 is 2.39 bits per heavy atom. The maximum Gasteiger partial charge on any atom is 0.423 e. The molecule has 0 unspecified atom stereocenters. The number of aromatic nitrogens is 2. The van der Waals surface area contributed by atoms with Crippen molar-refractivity contribution in [3.63, 3.8) is 0 Å². The average Bonchev–Trinajstić information content (AvgIpc) is 2.68. The second kappa shape index (κ2) is 8.67. The molecular weight excluding hydrogens is 371 g/mol. The molecule has 0 radical (unpaired) electrons. The summed E-state index contributed by atoms with van der Waals surface area (Å²) in [6.45, 7) is 2.45. The maximum atomic E-state index is 13.4. The molecule has 152 valence electrons. The third-order valence-corrected chi connectivity index (χ3v) is 4.71. The first kappa shape index (κ1) is 20.2. The summed E-state index contributed by atoms with van der Waals surface area (Å²) < 4.78 is 51.2. The molecule has 1 aliphatic carbocycles. The summed E-state index contributed by atoms with van der Waals surface area (Å²) >= 11 is 0. The Labute approximate surface area is 162 Å². The van der Waals surface area contributed by atoms with Crippen LogP contribution >= 0.6 is 0 Å². The van der Waals surface area contributed by atoms with Gasteiger partial charge in [-0.05, 0) is 56.9 Å². The molecule has 1 heterocycles. The van der Waals surface area contributed by atoms with E-state index in [4.69, 9.17) is 9.47 Å². The number of nitrogens with zero attached hydrogens (tertiary/aromatic N) is 3. The monoisotopic (exact) mass is 395 g/mol. The highest BCUT2D eigenvalue weighted by Gasteiger charge is 2.37. The van der Waals surface area contributed by atoms with E-state index in [1.807, 2.05) is 6.92 Å². The van der Waals surface area contributed by atoms with Crippen molar-refractivity contribution in [2.45, 2.75) is 51.3 Å². The van der Waals surface area contributed by atoms with Gasteiger partial charge in [-0.25, -0.2) is 4.98 Å². The van der Waals surface area contributed by atoms with Crippen LogP contribution in [-0.2, 0) is 6.18 Å². The zero-order chi connectivity index (χ0) is 20.1. The number of halogens is 3. The molecule has 0 aliphatic heterocycles. The van der Waals surface area contributed by atoms with E-state index in [0.29, 0.717) is 12.4 Å². The highest BCUT2D eigenvalue weighted by Crippen LogP contribution is 2.37. The third-order valence-electron chi connectivity index (χ3n) is 4.71. The van der Waals surface area contributed by atoms with Gasteiger partial charge in [0.1, 0.15) is 17.4 Å². The topological polar surface area (TPSA) is 47.5 Å². The fourth-order valence-corrected chi connectivity index (χ4v) is 3.19. The number of hydrogen-bond acceptors (Lipinski definition) is 5. The Morgan fingerprint density at radius 1 is 1.11 bits per heavy atom. The third kappa shape index (κ3) is 4.85. The minimum Gasteiger partial charge on any atom is -0.494 e. The number of ether oxygens (including phenoxy) is 2. The van der Waals surface area contributed by atoms with Crippen LogP contribution in [0.15, 0.2) is 30.5 Å². The van der Waals surface area contributed by atoms with Crippen LogP contribution in [0.1, 0.15) is 44.6 Å². The molecule has 1 aromatic heterocycles. The van der Waals surface area contributed by atoms with E-state index in [0.717, 1.165) is 44.0 Å². The summed E-state index contributed by atoms with van der Waals surface area (Å²) in [5.41, 5.74) is -0.214. The lowest BCUT2D eigenvalue weighted by Gasteiger charge is -2.25. The number of anilines is 2. The lowest BCUT2D eigenvalue weighted by molar-refractivity contribution is -0.140. The van der Waals surface area contributed by atoms with Crippen LogP contribution in [0, 0.1) is 0 Å². The van der Waals surface area contributed by atoms with Gasteiger partial charge in [0, 0.05) is 18.9 Å². The van der Waals surface area contributed by atoms with Gasteiger partial charge in [0.15, 0.2) is 0 Å². The van der Waals surface area contributed by atoms with Crippen molar-refractivity contribution in [1.82, 2.24) is 9.97 Å². The van der Waals surface area contributed by atoms with Gasteiger partial charge in [0.05, 0.1) is 6.61 Å². The van der Waals surface area contributed by atoms with Gasteiger partial charge in [0.2, 0.25) is 11.8 Å². The molecular formula is C20H24F3N3O2. The minimum atomic E-state index is -4.57. The van der Waals surface area contributed by atoms with Crippen LogP contribution in [0.4, 0.5) is 24.8 Å². The molecule has 0 amide bonds. The molecule has 8 heteroatoms. The smallest absolute Gasteiger partial charge is 0.423 e. The first-order chi connectivity index (χ1) is 13.4. The van der Waals surface area contributed by atoms with E-state index in [1.165, 1.54) is 0 Å². The van der Waals surface area contributed by atoms with Gasteiger partial charge in [-0.15, -0.1) is 0 Å². The van der Waals surface area contributed by atoms with Gasteiger partial charge in [-0.3, -0.25) is 0 Å². The molecule has 1 fully saturated rings. The van der Waals surface area contributed by atoms with Crippen molar-refractivity contribution in [2.75, 3.05) is 18.6 Å². The van der Waals surface area contributed by atoms with E-state index in [1.54, 1.807) is 36.2 Å². The zero-order valence-corrected chi connectivity index (χ0v) is 16.0. The largest absolute Gasteiger partial charge is 0.494 e. The van der Waals surface area contributed by atoms with E-state index >= 15 is 0 Å².